The summed E-state index contributed by atoms with van der Waals surface area (Å²) in [6.45, 7) is 3.21. The van der Waals surface area contributed by atoms with Gasteiger partial charge in [-0.15, -0.1) is 24.2 Å². The van der Waals surface area contributed by atoms with Gasteiger partial charge in [0.1, 0.15) is 5.75 Å². The van der Waals surface area contributed by atoms with E-state index in [1.807, 2.05) is 31.2 Å². The van der Waals surface area contributed by atoms with E-state index < -0.39 is 0 Å². The third kappa shape index (κ3) is 6.59. The topological polar surface area (TPSA) is 64.3 Å². The molecule has 1 atom stereocenters. The molecule has 2 rings (SSSR count). The van der Waals surface area contributed by atoms with Gasteiger partial charge >= 0.3 is 0 Å². The number of hydrogen-bond acceptors (Lipinski definition) is 4. The van der Waals surface area contributed by atoms with Crippen molar-refractivity contribution in [1.29, 1.82) is 0 Å². The van der Waals surface area contributed by atoms with Crippen molar-refractivity contribution in [2.75, 3.05) is 18.9 Å². The minimum atomic E-state index is 0. The highest BCUT2D eigenvalue weighted by Crippen LogP contribution is 2.31. The van der Waals surface area contributed by atoms with Gasteiger partial charge in [0.25, 0.3) is 0 Å². The third-order valence-corrected chi connectivity index (χ3v) is 4.28. The van der Waals surface area contributed by atoms with Crippen molar-refractivity contribution >= 4 is 30.1 Å². The lowest BCUT2D eigenvalue weighted by Crippen LogP contribution is -2.39. The summed E-state index contributed by atoms with van der Waals surface area (Å²) >= 11 is 1.52. The zero-order valence-electron chi connectivity index (χ0n) is 12.2. The zero-order chi connectivity index (χ0) is 14.4. The van der Waals surface area contributed by atoms with Crippen molar-refractivity contribution in [3.05, 3.63) is 24.3 Å². The first-order valence-electron chi connectivity index (χ1n) is 7.07. The van der Waals surface area contributed by atoms with Crippen LogP contribution in [0.3, 0.4) is 0 Å². The Hall–Kier alpha value is -0.910. The maximum Gasteiger partial charge on any atom is 0.230 e. The average molecular weight is 331 g/mol. The SMILES string of the molecule is CCOc1ccc(SCC(=O)NCC(N)C2CC2)cc1.Cl. The normalized spacial score (nSPS) is 15.0. The first-order chi connectivity index (χ1) is 9.69. The summed E-state index contributed by atoms with van der Waals surface area (Å²) in [6, 6.07) is 7.91. The van der Waals surface area contributed by atoms with Crippen molar-refractivity contribution in [2.24, 2.45) is 11.7 Å². The fourth-order valence-corrected chi connectivity index (χ4v) is 2.65. The predicted molar refractivity (Wildman–Crippen MR) is 89.3 cm³/mol. The Morgan fingerprint density at radius 2 is 2.10 bits per heavy atom. The zero-order valence-corrected chi connectivity index (χ0v) is 13.8. The minimum absolute atomic E-state index is 0. The van der Waals surface area contributed by atoms with Gasteiger partial charge in [0.05, 0.1) is 12.4 Å². The molecule has 0 spiro atoms. The Morgan fingerprint density at radius 3 is 2.67 bits per heavy atom. The summed E-state index contributed by atoms with van der Waals surface area (Å²) in [5.41, 5.74) is 5.94. The first-order valence-corrected chi connectivity index (χ1v) is 8.05. The molecule has 118 valence electrons. The van der Waals surface area contributed by atoms with E-state index in [4.69, 9.17) is 10.5 Å². The van der Waals surface area contributed by atoms with Crippen molar-refractivity contribution < 1.29 is 9.53 Å². The molecule has 6 heteroatoms. The summed E-state index contributed by atoms with van der Waals surface area (Å²) in [5, 5.41) is 2.90. The van der Waals surface area contributed by atoms with Crippen LogP contribution >= 0.6 is 24.2 Å². The van der Waals surface area contributed by atoms with Gasteiger partial charge in [-0.1, -0.05) is 0 Å². The number of rotatable bonds is 8. The molecule has 0 heterocycles. The van der Waals surface area contributed by atoms with Gasteiger partial charge in [-0.05, 0) is 49.9 Å². The number of ether oxygens (including phenoxy) is 1. The molecule has 1 aromatic rings. The lowest BCUT2D eigenvalue weighted by atomic mass is 10.2. The maximum absolute atomic E-state index is 11.7. The minimum Gasteiger partial charge on any atom is -0.494 e. The van der Waals surface area contributed by atoms with Crippen LogP contribution in [0.2, 0.25) is 0 Å². The summed E-state index contributed by atoms with van der Waals surface area (Å²) in [4.78, 5) is 12.8. The van der Waals surface area contributed by atoms with E-state index in [1.54, 1.807) is 0 Å². The molecule has 1 unspecified atom stereocenters. The number of nitrogens with one attached hydrogen (secondary N) is 1. The lowest BCUT2D eigenvalue weighted by molar-refractivity contribution is -0.118. The molecule has 21 heavy (non-hydrogen) atoms. The highest BCUT2D eigenvalue weighted by Gasteiger charge is 2.28. The second kappa shape index (κ2) is 9.18. The summed E-state index contributed by atoms with van der Waals surface area (Å²) < 4.78 is 5.38. The average Bonchev–Trinajstić information content (AvgIpc) is 3.29. The number of hydrogen-bond donors (Lipinski definition) is 2. The van der Waals surface area contributed by atoms with Crippen LogP contribution in [0, 0.1) is 5.92 Å². The van der Waals surface area contributed by atoms with Crippen LogP contribution in [-0.2, 0) is 4.79 Å². The molecule has 1 fully saturated rings. The third-order valence-electron chi connectivity index (χ3n) is 3.27. The van der Waals surface area contributed by atoms with Crippen LogP contribution in [-0.4, -0.2) is 30.9 Å². The fourth-order valence-electron chi connectivity index (χ4n) is 1.92. The number of halogens is 1. The van der Waals surface area contributed by atoms with E-state index in [-0.39, 0.29) is 24.4 Å². The molecule has 4 nitrogen and oxygen atoms in total. The largest absolute Gasteiger partial charge is 0.494 e. The van der Waals surface area contributed by atoms with Crippen LogP contribution in [0.1, 0.15) is 19.8 Å². The molecule has 1 aromatic carbocycles. The van der Waals surface area contributed by atoms with E-state index in [2.05, 4.69) is 5.32 Å². The molecule has 0 bridgehead atoms. The highest BCUT2D eigenvalue weighted by molar-refractivity contribution is 8.00. The van der Waals surface area contributed by atoms with E-state index >= 15 is 0 Å². The molecule has 0 saturated heterocycles. The Balaban J connectivity index is 0.00000220. The molecule has 1 aliphatic carbocycles. The Morgan fingerprint density at radius 1 is 1.43 bits per heavy atom. The molecule has 0 aliphatic heterocycles. The van der Waals surface area contributed by atoms with Gasteiger partial charge in [0.2, 0.25) is 5.91 Å². The van der Waals surface area contributed by atoms with E-state index in [9.17, 15) is 4.79 Å². The number of amides is 1. The van der Waals surface area contributed by atoms with Crippen LogP contribution in [0.25, 0.3) is 0 Å². The van der Waals surface area contributed by atoms with Crippen molar-refractivity contribution in [3.63, 3.8) is 0 Å². The van der Waals surface area contributed by atoms with Crippen molar-refractivity contribution in [3.8, 4) is 5.75 Å². The van der Waals surface area contributed by atoms with E-state index in [1.165, 1.54) is 24.6 Å². The first kappa shape index (κ1) is 18.1. The van der Waals surface area contributed by atoms with Gasteiger partial charge in [0.15, 0.2) is 0 Å². The highest BCUT2D eigenvalue weighted by atomic mass is 35.5. The molecule has 1 saturated carbocycles. The molecular formula is C15H23ClN2O2S. The van der Waals surface area contributed by atoms with Crippen molar-refractivity contribution in [2.45, 2.75) is 30.7 Å². The molecule has 0 radical (unpaired) electrons. The Labute approximate surface area is 136 Å². The monoisotopic (exact) mass is 330 g/mol. The van der Waals surface area contributed by atoms with Gasteiger partial charge in [-0.3, -0.25) is 4.79 Å². The second-order valence-corrected chi connectivity index (χ2v) is 6.05. The van der Waals surface area contributed by atoms with E-state index in [0.29, 0.717) is 24.8 Å². The van der Waals surface area contributed by atoms with E-state index in [0.717, 1.165) is 10.6 Å². The number of benzene rings is 1. The number of nitrogens with two attached hydrogens (primary N) is 1. The summed E-state index contributed by atoms with van der Waals surface area (Å²) in [6.07, 6.45) is 2.41. The predicted octanol–water partition coefficient (Wildman–Crippen LogP) is 2.45. The lowest BCUT2D eigenvalue weighted by Gasteiger charge is -2.11. The Kier molecular flexibility index (Phi) is 7.93. The molecule has 1 amide bonds. The van der Waals surface area contributed by atoms with Gasteiger partial charge < -0.3 is 15.8 Å². The second-order valence-electron chi connectivity index (χ2n) is 5.00. The quantitative estimate of drug-likeness (QED) is 0.719. The van der Waals surface area contributed by atoms with Gasteiger partial charge in [-0.25, -0.2) is 0 Å². The number of carbonyl (C=O) groups is 1. The molecule has 1 aliphatic rings. The number of thioether (sulfide) groups is 1. The molecule has 3 N–H and O–H groups in total. The van der Waals surface area contributed by atoms with Crippen LogP contribution in [0.5, 0.6) is 5.75 Å². The molecular weight excluding hydrogens is 308 g/mol. The number of carbonyl (C=O) groups excluding carboxylic acids is 1. The summed E-state index contributed by atoms with van der Waals surface area (Å²) in [5.74, 6) is 1.94. The smallest absolute Gasteiger partial charge is 0.230 e. The Bertz CT molecular complexity index is 438. The van der Waals surface area contributed by atoms with Crippen LogP contribution in [0.4, 0.5) is 0 Å². The summed E-state index contributed by atoms with van der Waals surface area (Å²) in [7, 11) is 0. The molecule has 0 aromatic heterocycles. The van der Waals surface area contributed by atoms with Gasteiger partial charge in [-0.2, -0.15) is 0 Å². The van der Waals surface area contributed by atoms with Crippen molar-refractivity contribution in [1.82, 2.24) is 5.32 Å². The standard InChI is InChI=1S/C15H22N2O2S.ClH/c1-2-19-12-5-7-13(8-6-12)20-10-15(18)17-9-14(16)11-3-4-11;/h5-8,11,14H,2-4,9-10,16H2,1H3,(H,17,18);1H. The van der Waals surface area contributed by atoms with Gasteiger partial charge in [0, 0.05) is 17.5 Å². The fraction of sp³-hybridized carbons (Fsp3) is 0.533. The van der Waals surface area contributed by atoms with Crippen LogP contribution in [0.15, 0.2) is 29.2 Å². The maximum atomic E-state index is 11.7. The van der Waals surface area contributed by atoms with Crippen LogP contribution < -0.4 is 15.8 Å².